The van der Waals surface area contributed by atoms with Gasteiger partial charge >= 0.3 is 0 Å². The van der Waals surface area contributed by atoms with Crippen LogP contribution in [-0.4, -0.2) is 25.1 Å². The van der Waals surface area contributed by atoms with E-state index in [9.17, 15) is 9.90 Å². The number of phenols is 1. The molecular weight excluding hydrogens is 308 g/mol. The van der Waals surface area contributed by atoms with E-state index in [0.29, 0.717) is 17.2 Å². The van der Waals surface area contributed by atoms with Crippen LogP contribution in [0.3, 0.4) is 0 Å². The largest absolute Gasteiger partial charge is 0.507 e. The highest BCUT2D eigenvalue weighted by Crippen LogP contribution is 2.50. The van der Waals surface area contributed by atoms with Crippen molar-refractivity contribution in [1.29, 1.82) is 0 Å². The van der Waals surface area contributed by atoms with Gasteiger partial charge in [0.25, 0.3) is 0 Å². The summed E-state index contributed by atoms with van der Waals surface area (Å²) in [5, 5.41) is 10.1. The molecule has 1 aliphatic rings. The van der Waals surface area contributed by atoms with Crippen LogP contribution in [0, 0.1) is 0 Å². The first-order chi connectivity index (χ1) is 11.3. The molecule has 0 spiro atoms. The van der Waals surface area contributed by atoms with Crippen molar-refractivity contribution in [2.75, 3.05) is 14.2 Å². The average Bonchev–Trinajstić information content (AvgIpc) is 2.52. The molecular formula is C19H20O5. The van der Waals surface area contributed by atoms with Crippen LogP contribution in [-0.2, 0) is 5.60 Å². The summed E-state index contributed by atoms with van der Waals surface area (Å²) in [7, 11) is 3.16. The van der Waals surface area contributed by atoms with Gasteiger partial charge in [-0.3, -0.25) is 4.79 Å². The van der Waals surface area contributed by atoms with Crippen LogP contribution in [0.2, 0.25) is 0 Å². The molecule has 3 rings (SSSR count). The topological polar surface area (TPSA) is 65.0 Å². The quantitative estimate of drug-likeness (QED) is 0.866. The summed E-state index contributed by atoms with van der Waals surface area (Å²) in [6, 6.07) is 6.91. The SMILES string of the molecule is COc1cc2c(cc1OC)C(C)(C)Oc1cc(O)c(C(C)=O)cc1-2. The second-order valence-corrected chi connectivity index (χ2v) is 6.29. The molecule has 5 nitrogen and oxygen atoms in total. The lowest BCUT2D eigenvalue weighted by atomic mass is 9.85. The van der Waals surface area contributed by atoms with Crippen LogP contribution in [0.4, 0.5) is 0 Å². The van der Waals surface area contributed by atoms with E-state index in [1.54, 1.807) is 20.3 Å². The lowest BCUT2D eigenvalue weighted by molar-refractivity contribution is 0.101. The first kappa shape index (κ1) is 16.2. The predicted molar refractivity (Wildman–Crippen MR) is 90.3 cm³/mol. The zero-order chi connectivity index (χ0) is 17.6. The third-order valence-corrected chi connectivity index (χ3v) is 4.30. The van der Waals surface area contributed by atoms with Gasteiger partial charge in [-0.1, -0.05) is 0 Å². The highest BCUT2D eigenvalue weighted by Gasteiger charge is 2.35. The smallest absolute Gasteiger partial charge is 0.163 e. The van der Waals surface area contributed by atoms with Crippen molar-refractivity contribution >= 4 is 5.78 Å². The Balaban J connectivity index is 2.34. The lowest BCUT2D eigenvalue weighted by Gasteiger charge is -2.35. The molecule has 24 heavy (non-hydrogen) atoms. The number of hydrogen-bond donors (Lipinski definition) is 1. The number of benzene rings is 2. The average molecular weight is 328 g/mol. The molecule has 0 saturated carbocycles. The number of methoxy groups -OCH3 is 2. The molecule has 1 N–H and O–H groups in total. The van der Waals surface area contributed by atoms with Crippen molar-refractivity contribution < 1.29 is 24.1 Å². The Hall–Kier alpha value is -2.69. The predicted octanol–water partition coefficient (Wildman–Crippen LogP) is 3.91. The molecule has 0 atom stereocenters. The Bertz CT molecular complexity index is 836. The molecule has 0 aromatic heterocycles. The van der Waals surface area contributed by atoms with Crippen molar-refractivity contribution in [3.63, 3.8) is 0 Å². The number of Topliss-reactive ketones (excluding diaryl/α,β-unsaturated/α-hetero) is 1. The van der Waals surface area contributed by atoms with Gasteiger partial charge in [0.15, 0.2) is 17.3 Å². The van der Waals surface area contributed by atoms with Gasteiger partial charge in [0, 0.05) is 17.2 Å². The standard InChI is InChI=1S/C19H20O5/c1-10(20)11-6-13-12-7-17(22-4)18(23-5)8-14(12)19(2,3)24-16(13)9-15(11)21/h6-9,21H,1-5H3. The van der Waals surface area contributed by atoms with Crippen molar-refractivity contribution in [2.24, 2.45) is 0 Å². The van der Waals surface area contributed by atoms with Gasteiger partial charge in [-0.05, 0) is 44.5 Å². The molecule has 5 heteroatoms. The Morgan fingerprint density at radius 2 is 1.67 bits per heavy atom. The molecule has 2 aromatic rings. The van der Waals surface area contributed by atoms with E-state index >= 15 is 0 Å². The van der Waals surface area contributed by atoms with E-state index in [4.69, 9.17) is 14.2 Å². The monoisotopic (exact) mass is 328 g/mol. The van der Waals surface area contributed by atoms with Crippen molar-refractivity contribution in [2.45, 2.75) is 26.4 Å². The van der Waals surface area contributed by atoms with Crippen LogP contribution in [0.25, 0.3) is 11.1 Å². The van der Waals surface area contributed by atoms with Gasteiger partial charge in [0.1, 0.15) is 17.1 Å². The van der Waals surface area contributed by atoms with Gasteiger partial charge in [-0.15, -0.1) is 0 Å². The number of fused-ring (bicyclic) bond motifs is 3. The molecule has 0 radical (unpaired) electrons. The van der Waals surface area contributed by atoms with E-state index < -0.39 is 5.60 Å². The zero-order valence-corrected chi connectivity index (χ0v) is 14.4. The number of hydrogen-bond acceptors (Lipinski definition) is 5. The normalized spacial score (nSPS) is 14.2. The van der Waals surface area contributed by atoms with E-state index in [1.165, 1.54) is 13.0 Å². The minimum absolute atomic E-state index is 0.0824. The molecule has 1 heterocycles. The van der Waals surface area contributed by atoms with Crippen LogP contribution in [0.1, 0.15) is 36.7 Å². The van der Waals surface area contributed by atoms with Gasteiger partial charge in [-0.25, -0.2) is 0 Å². The fourth-order valence-corrected chi connectivity index (χ4v) is 3.08. The van der Waals surface area contributed by atoms with Crippen molar-refractivity contribution in [3.05, 3.63) is 35.4 Å². The fourth-order valence-electron chi connectivity index (χ4n) is 3.08. The molecule has 2 aromatic carbocycles. The summed E-state index contributed by atoms with van der Waals surface area (Å²) >= 11 is 0. The van der Waals surface area contributed by atoms with Crippen LogP contribution in [0.15, 0.2) is 24.3 Å². The first-order valence-electron chi connectivity index (χ1n) is 7.62. The van der Waals surface area contributed by atoms with Crippen LogP contribution < -0.4 is 14.2 Å². The Kier molecular flexibility index (Phi) is 3.67. The number of ketones is 1. The van der Waals surface area contributed by atoms with E-state index in [0.717, 1.165) is 16.7 Å². The molecule has 0 fully saturated rings. The van der Waals surface area contributed by atoms with E-state index in [1.807, 2.05) is 26.0 Å². The molecule has 1 aliphatic heterocycles. The summed E-state index contributed by atoms with van der Waals surface area (Å²) in [6.45, 7) is 5.30. The van der Waals surface area contributed by atoms with E-state index in [-0.39, 0.29) is 17.1 Å². The molecule has 0 saturated heterocycles. The van der Waals surface area contributed by atoms with Crippen molar-refractivity contribution in [3.8, 4) is 34.1 Å². The highest BCUT2D eigenvalue weighted by atomic mass is 16.5. The molecule has 0 bridgehead atoms. The first-order valence-corrected chi connectivity index (χ1v) is 7.62. The number of rotatable bonds is 3. The van der Waals surface area contributed by atoms with Gasteiger partial charge < -0.3 is 19.3 Å². The fraction of sp³-hybridized carbons (Fsp3) is 0.316. The minimum Gasteiger partial charge on any atom is -0.507 e. The highest BCUT2D eigenvalue weighted by molar-refractivity contribution is 5.99. The number of carbonyl (C=O) groups excluding carboxylic acids is 1. The van der Waals surface area contributed by atoms with E-state index in [2.05, 4.69) is 0 Å². The number of aromatic hydroxyl groups is 1. The maximum atomic E-state index is 11.8. The summed E-state index contributed by atoms with van der Waals surface area (Å²) < 4.78 is 16.9. The van der Waals surface area contributed by atoms with Crippen molar-refractivity contribution in [1.82, 2.24) is 0 Å². The number of phenolic OH excluding ortho intramolecular Hbond substituents is 1. The maximum Gasteiger partial charge on any atom is 0.163 e. The van der Waals surface area contributed by atoms with Crippen LogP contribution in [0.5, 0.6) is 23.0 Å². The summed E-state index contributed by atoms with van der Waals surface area (Å²) in [5.41, 5.74) is 2.20. The molecule has 126 valence electrons. The van der Waals surface area contributed by atoms with Gasteiger partial charge in [0.2, 0.25) is 0 Å². The van der Waals surface area contributed by atoms with Gasteiger partial charge in [-0.2, -0.15) is 0 Å². The summed E-state index contributed by atoms with van der Waals surface area (Å²) in [5.74, 6) is 1.45. The second-order valence-electron chi connectivity index (χ2n) is 6.29. The Labute approximate surface area is 140 Å². The number of ether oxygens (including phenoxy) is 3. The minimum atomic E-state index is -0.619. The summed E-state index contributed by atoms with van der Waals surface area (Å²) in [6.07, 6.45) is 0. The second kappa shape index (κ2) is 5.44. The maximum absolute atomic E-state index is 11.8. The Morgan fingerprint density at radius 3 is 2.25 bits per heavy atom. The Morgan fingerprint density at radius 1 is 1.04 bits per heavy atom. The third-order valence-electron chi connectivity index (χ3n) is 4.30. The third kappa shape index (κ3) is 2.37. The lowest BCUT2D eigenvalue weighted by Crippen LogP contribution is -2.29. The molecule has 0 unspecified atom stereocenters. The molecule has 0 amide bonds. The van der Waals surface area contributed by atoms with Gasteiger partial charge in [0.05, 0.1) is 19.8 Å². The van der Waals surface area contributed by atoms with Crippen LogP contribution >= 0.6 is 0 Å². The summed E-state index contributed by atoms with van der Waals surface area (Å²) in [4.78, 5) is 11.8. The number of carbonyl (C=O) groups is 1. The zero-order valence-electron chi connectivity index (χ0n) is 14.4. The molecule has 0 aliphatic carbocycles.